The number of pyridine rings is 1. The summed E-state index contributed by atoms with van der Waals surface area (Å²) in [5.74, 6) is 1.04. The van der Waals surface area contributed by atoms with Gasteiger partial charge in [-0.1, -0.05) is 0 Å². The molecule has 3 heteroatoms. The largest absolute Gasteiger partial charge is 0.330 e. The molecule has 0 aromatic carbocycles. The molecule has 2 aromatic rings. The quantitative estimate of drug-likeness (QED) is 0.629. The molecule has 0 atom stereocenters. The van der Waals surface area contributed by atoms with Gasteiger partial charge >= 0.3 is 0 Å². The van der Waals surface area contributed by atoms with Gasteiger partial charge in [0.1, 0.15) is 5.82 Å². The van der Waals surface area contributed by atoms with Crippen molar-refractivity contribution in [2.24, 2.45) is 7.05 Å². The minimum Gasteiger partial charge on any atom is -0.330 e. The van der Waals surface area contributed by atoms with E-state index in [2.05, 4.69) is 20.6 Å². The number of hydrogen-bond donors (Lipinski definition) is 0. The fourth-order valence-electron chi connectivity index (χ4n) is 2.18. The lowest BCUT2D eigenvalue weighted by atomic mass is 10.2. The monoisotopic (exact) mass is 187 g/mol. The van der Waals surface area contributed by atoms with E-state index in [0.717, 1.165) is 17.9 Å². The Balaban J connectivity index is 2.38. The van der Waals surface area contributed by atoms with Crippen LogP contribution in [-0.2, 0) is 19.9 Å². The van der Waals surface area contributed by atoms with Gasteiger partial charge in [0.2, 0.25) is 0 Å². The van der Waals surface area contributed by atoms with Crippen molar-refractivity contribution in [1.29, 1.82) is 0 Å². The lowest BCUT2D eigenvalue weighted by Crippen LogP contribution is -1.92. The molecule has 0 unspecified atom stereocenters. The Bertz CT molecular complexity index is 511. The fourth-order valence-corrected chi connectivity index (χ4v) is 2.18. The molecule has 0 saturated heterocycles. The van der Waals surface area contributed by atoms with Crippen molar-refractivity contribution in [3.05, 3.63) is 23.1 Å². The molecular formula is C11H13N3. The average molecular weight is 187 g/mol. The van der Waals surface area contributed by atoms with Crippen molar-refractivity contribution < 1.29 is 0 Å². The maximum absolute atomic E-state index is 4.61. The highest BCUT2D eigenvalue weighted by atomic mass is 15.1. The summed E-state index contributed by atoms with van der Waals surface area (Å²) in [5.41, 5.74) is 4.75. The second-order valence-electron chi connectivity index (χ2n) is 4.01. The zero-order valence-electron chi connectivity index (χ0n) is 8.54. The molecule has 0 saturated carbocycles. The van der Waals surface area contributed by atoms with Crippen LogP contribution in [0.5, 0.6) is 0 Å². The summed E-state index contributed by atoms with van der Waals surface area (Å²) in [7, 11) is 2.05. The Morgan fingerprint density at radius 3 is 3.00 bits per heavy atom. The molecule has 1 aliphatic rings. The number of rotatable bonds is 0. The molecule has 3 rings (SSSR count). The predicted octanol–water partition coefficient (Wildman–Crippen LogP) is 1.77. The van der Waals surface area contributed by atoms with Gasteiger partial charge in [-0.3, -0.25) is 0 Å². The summed E-state index contributed by atoms with van der Waals surface area (Å²) in [5, 5.41) is 0. The summed E-state index contributed by atoms with van der Waals surface area (Å²) in [6.45, 7) is 2.02. The molecule has 0 amide bonds. The average Bonchev–Trinajstić information content (AvgIpc) is 2.70. The Morgan fingerprint density at radius 1 is 1.29 bits per heavy atom. The van der Waals surface area contributed by atoms with Crippen LogP contribution in [0.25, 0.3) is 11.2 Å². The van der Waals surface area contributed by atoms with Gasteiger partial charge in [0.25, 0.3) is 0 Å². The van der Waals surface area contributed by atoms with Gasteiger partial charge in [0.05, 0.1) is 5.52 Å². The molecule has 0 spiro atoms. The maximum Gasteiger partial charge on any atom is 0.178 e. The number of imidazole rings is 1. The Hall–Kier alpha value is -1.38. The van der Waals surface area contributed by atoms with Crippen molar-refractivity contribution in [3.63, 3.8) is 0 Å². The van der Waals surface area contributed by atoms with Crippen molar-refractivity contribution >= 4 is 11.2 Å². The number of aryl methyl sites for hydroxylation is 4. The highest BCUT2D eigenvalue weighted by Gasteiger charge is 2.15. The zero-order valence-corrected chi connectivity index (χ0v) is 8.54. The first-order chi connectivity index (χ1) is 6.75. The molecule has 0 fully saturated rings. The van der Waals surface area contributed by atoms with E-state index in [-0.39, 0.29) is 0 Å². The second-order valence-corrected chi connectivity index (χ2v) is 4.01. The molecule has 14 heavy (non-hydrogen) atoms. The van der Waals surface area contributed by atoms with E-state index in [1.165, 1.54) is 29.6 Å². The van der Waals surface area contributed by atoms with E-state index in [1.807, 2.05) is 14.0 Å². The molecule has 1 aliphatic carbocycles. The second kappa shape index (κ2) is 2.56. The number of fused-ring (bicyclic) bond motifs is 2. The van der Waals surface area contributed by atoms with E-state index in [0.29, 0.717) is 0 Å². The summed E-state index contributed by atoms with van der Waals surface area (Å²) >= 11 is 0. The van der Waals surface area contributed by atoms with Gasteiger partial charge in [-0.2, -0.15) is 0 Å². The number of aromatic nitrogens is 3. The van der Waals surface area contributed by atoms with Crippen LogP contribution in [0.4, 0.5) is 0 Å². The third-order valence-corrected chi connectivity index (χ3v) is 3.13. The summed E-state index contributed by atoms with van der Waals surface area (Å²) in [4.78, 5) is 9.05. The lowest BCUT2D eigenvalue weighted by Gasteiger charge is -1.99. The predicted molar refractivity (Wildman–Crippen MR) is 55.3 cm³/mol. The minimum absolute atomic E-state index is 0.908. The van der Waals surface area contributed by atoms with E-state index < -0.39 is 0 Å². The van der Waals surface area contributed by atoms with Crippen LogP contribution in [0, 0.1) is 6.92 Å². The maximum atomic E-state index is 4.61. The third-order valence-electron chi connectivity index (χ3n) is 3.13. The minimum atomic E-state index is 0.908. The van der Waals surface area contributed by atoms with Crippen molar-refractivity contribution in [2.45, 2.75) is 26.2 Å². The van der Waals surface area contributed by atoms with Crippen molar-refractivity contribution in [1.82, 2.24) is 14.5 Å². The van der Waals surface area contributed by atoms with Crippen LogP contribution < -0.4 is 0 Å². The normalized spacial score (nSPS) is 15.0. The van der Waals surface area contributed by atoms with Gasteiger partial charge in [-0.25, -0.2) is 9.97 Å². The first-order valence-electron chi connectivity index (χ1n) is 5.07. The Kier molecular flexibility index (Phi) is 1.46. The van der Waals surface area contributed by atoms with Crippen molar-refractivity contribution in [3.8, 4) is 0 Å². The van der Waals surface area contributed by atoms with E-state index in [1.54, 1.807) is 0 Å². The Morgan fingerprint density at radius 2 is 2.14 bits per heavy atom. The van der Waals surface area contributed by atoms with Crippen LogP contribution in [0.1, 0.15) is 23.5 Å². The first-order valence-corrected chi connectivity index (χ1v) is 5.07. The van der Waals surface area contributed by atoms with Crippen molar-refractivity contribution in [2.75, 3.05) is 0 Å². The van der Waals surface area contributed by atoms with Gasteiger partial charge in [0.15, 0.2) is 5.65 Å². The molecule has 0 bridgehead atoms. The summed E-state index contributed by atoms with van der Waals surface area (Å²) in [6.07, 6.45) is 3.56. The first kappa shape index (κ1) is 7.97. The zero-order chi connectivity index (χ0) is 9.71. The smallest absolute Gasteiger partial charge is 0.178 e. The molecule has 3 nitrogen and oxygen atoms in total. The summed E-state index contributed by atoms with van der Waals surface area (Å²) < 4.78 is 2.11. The van der Waals surface area contributed by atoms with Crippen LogP contribution in [0.2, 0.25) is 0 Å². The molecule has 2 aromatic heterocycles. The lowest BCUT2D eigenvalue weighted by molar-refractivity contribution is 0.882. The molecule has 0 aliphatic heterocycles. The Labute approximate surface area is 82.8 Å². The van der Waals surface area contributed by atoms with Gasteiger partial charge in [0, 0.05) is 12.7 Å². The van der Waals surface area contributed by atoms with E-state index >= 15 is 0 Å². The highest BCUT2D eigenvalue weighted by molar-refractivity contribution is 5.73. The molecule has 0 radical (unpaired) electrons. The van der Waals surface area contributed by atoms with Gasteiger partial charge in [-0.05, 0) is 37.8 Å². The van der Waals surface area contributed by atoms with Crippen LogP contribution in [0.3, 0.4) is 0 Å². The standard InChI is InChI=1S/C11H13N3/c1-7-12-11-10(14(7)2)6-8-4-3-5-9(8)13-11/h6H,3-5H2,1-2H3. The topological polar surface area (TPSA) is 30.7 Å². The van der Waals surface area contributed by atoms with Crippen LogP contribution in [-0.4, -0.2) is 14.5 Å². The van der Waals surface area contributed by atoms with Crippen LogP contribution >= 0.6 is 0 Å². The fraction of sp³-hybridized carbons (Fsp3) is 0.455. The van der Waals surface area contributed by atoms with E-state index in [4.69, 9.17) is 0 Å². The summed E-state index contributed by atoms with van der Waals surface area (Å²) in [6, 6.07) is 2.25. The SMILES string of the molecule is Cc1nc2nc3c(cc2n1C)CCC3. The molecule has 0 N–H and O–H groups in total. The van der Waals surface area contributed by atoms with Gasteiger partial charge in [-0.15, -0.1) is 0 Å². The number of nitrogens with zero attached hydrogens (tertiary/aromatic N) is 3. The third kappa shape index (κ3) is 0.924. The van der Waals surface area contributed by atoms with Gasteiger partial charge < -0.3 is 4.57 Å². The van der Waals surface area contributed by atoms with E-state index in [9.17, 15) is 0 Å². The van der Waals surface area contributed by atoms with Crippen LogP contribution in [0.15, 0.2) is 6.07 Å². The number of hydrogen-bond acceptors (Lipinski definition) is 2. The highest BCUT2D eigenvalue weighted by Crippen LogP contribution is 2.24. The molecule has 2 heterocycles. The molecular weight excluding hydrogens is 174 g/mol. The molecule has 72 valence electrons.